The second kappa shape index (κ2) is 6.10. The number of hydrogen-bond donors (Lipinski definition) is 2. The first-order chi connectivity index (χ1) is 9.98. The van der Waals surface area contributed by atoms with Crippen molar-refractivity contribution in [1.29, 1.82) is 0 Å². The molecule has 0 aliphatic heterocycles. The van der Waals surface area contributed by atoms with E-state index in [1.807, 2.05) is 0 Å². The first kappa shape index (κ1) is 15.3. The fourth-order valence-electron chi connectivity index (χ4n) is 2.13. The van der Waals surface area contributed by atoms with Crippen LogP contribution in [0.1, 0.15) is 12.5 Å². The van der Waals surface area contributed by atoms with Crippen molar-refractivity contribution in [2.75, 3.05) is 19.0 Å². The summed E-state index contributed by atoms with van der Waals surface area (Å²) in [6.07, 6.45) is 0. The first-order valence-corrected chi connectivity index (χ1v) is 6.47. The molecule has 2 rings (SSSR count). The van der Waals surface area contributed by atoms with E-state index in [0.717, 1.165) is 18.2 Å². The molecular formula is C16H17F2NO2. The van der Waals surface area contributed by atoms with Crippen LogP contribution in [0.25, 0.3) is 0 Å². The van der Waals surface area contributed by atoms with E-state index < -0.39 is 23.8 Å². The van der Waals surface area contributed by atoms with Crippen molar-refractivity contribution in [2.45, 2.75) is 12.5 Å². The average molecular weight is 293 g/mol. The third-order valence-electron chi connectivity index (χ3n) is 3.33. The van der Waals surface area contributed by atoms with Crippen LogP contribution in [0.5, 0.6) is 5.75 Å². The zero-order valence-electron chi connectivity index (χ0n) is 11.9. The molecule has 0 heterocycles. The van der Waals surface area contributed by atoms with Gasteiger partial charge in [-0.2, -0.15) is 0 Å². The van der Waals surface area contributed by atoms with Gasteiger partial charge in [0.15, 0.2) is 0 Å². The number of halogens is 2. The van der Waals surface area contributed by atoms with Crippen LogP contribution >= 0.6 is 0 Å². The summed E-state index contributed by atoms with van der Waals surface area (Å²) in [5.74, 6) is -0.512. The lowest BCUT2D eigenvalue weighted by Crippen LogP contribution is -2.37. The number of anilines is 1. The van der Waals surface area contributed by atoms with Gasteiger partial charge < -0.3 is 15.2 Å². The smallest absolute Gasteiger partial charge is 0.129 e. The standard InChI is InChI=1S/C16H17F2NO2/c1-16(10-20,14-8-11(17)6-7-15(14)18)19-12-4-3-5-13(9-12)21-2/h3-9,19-20H,10H2,1-2H3. The van der Waals surface area contributed by atoms with E-state index >= 15 is 0 Å². The van der Waals surface area contributed by atoms with Crippen molar-refractivity contribution in [2.24, 2.45) is 0 Å². The van der Waals surface area contributed by atoms with Crippen LogP contribution in [0.4, 0.5) is 14.5 Å². The molecule has 0 spiro atoms. The molecule has 0 fully saturated rings. The Hall–Kier alpha value is -2.14. The molecule has 0 amide bonds. The molecule has 5 heteroatoms. The lowest BCUT2D eigenvalue weighted by molar-refractivity contribution is 0.220. The molecule has 112 valence electrons. The Kier molecular flexibility index (Phi) is 4.43. The van der Waals surface area contributed by atoms with E-state index in [9.17, 15) is 13.9 Å². The highest BCUT2D eigenvalue weighted by Crippen LogP contribution is 2.29. The van der Waals surface area contributed by atoms with Crippen LogP contribution in [-0.4, -0.2) is 18.8 Å². The monoisotopic (exact) mass is 293 g/mol. The van der Waals surface area contributed by atoms with Crippen molar-refractivity contribution in [1.82, 2.24) is 0 Å². The molecule has 3 nitrogen and oxygen atoms in total. The van der Waals surface area contributed by atoms with Gasteiger partial charge in [0, 0.05) is 17.3 Å². The molecule has 0 bridgehead atoms. The summed E-state index contributed by atoms with van der Waals surface area (Å²) in [6.45, 7) is 1.20. The normalized spacial score (nSPS) is 13.6. The van der Waals surface area contributed by atoms with Gasteiger partial charge in [0.1, 0.15) is 17.4 Å². The lowest BCUT2D eigenvalue weighted by Gasteiger charge is -2.31. The highest BCUT2D eigenvalue weighted by molar-refractivity contribution is 5.51. The van der Waals surface area contributed by atoms with Crippen molar-refractivity contribution in [3.63, 3.8) is 0 Å². The quantitative estimate of drug-likeness (QED) is 0.889. The predicted octanol–water partition coefficient (Wildman–Crippen LogP) is 3.29. The molecule has 2 N–H and O–H groups in total. The summed E-state index contributed by atoms with van der Waals surface area (Å²) < 4.78 is 32.4. The third-order valence-corrected chi connectivity index (χ3v) is 3.33. The zero-order valence-corrected chi connectivity index (χ0v) is 11.9. The Morgan fingerprint density at radius 1 is 1.19 bits per heavy atom. The van der Waals surface area contributed by atoms with Crippen molar-refractivity contribution < 1.29 is 18.6 Å². The molecule has 0 aliphatic carbocycles. The molecule has 0 saturated carbocycles. The number of benzene rings is 2. The second-order valence-corrected chi connectivity index (χ2v) is 4.97. The van der Waals surface area contributed by atoms with E-state index in [-0.39, 0.29) is 5.56 Å². The molecular weight excluding hydrogens is 276 g/mol. The summed E-state index contributed by atoms with van der Waals surface area (Å²) in [6, 6.07) is 10.2. The van der Waals surface area contributed by atoms with Gasteiger partial charge in [-0.25, -0.2) is 8.78 Å². The molecule has 1 unspecified atom stereocenters. The first-order valence-electron chi connectivity index (χ1n) is 6.47. The maximum absolute atomic E-state index is 14.0. The predicted molar refractivity (Wildman–Crippen MR) is 77.4 cm³/mol. The number of nitrogens with one attached hydrogen (secondary N) is 1. The molecule has 2 aromatic rings. The Morgan fingerprint density at radius 2 is 1.95 bits per heavy atom. The maximum atomic E-state index is 14.0. The van der Waals surface area contributed by atoms with Gasteiger partial charge >= 0.3 is 0 Å². The van der Waals surface area contributed by atoms with Crippen LogP contribution in [0.2, 0.25) is 0 Å². The minimum absolute atomic E-state index is 0.0628. The van der Waals surface area contributed by atoms with Gasteiger partial charge in [-0.1, -0.05) is 6.07 Å². The van der Waals surface area contributed by atoms with Crippen LogP contribution < -0.4 is 10.1 Å². The van der Waals surface area contributed by atoms with E-state index in [4.69, 9.17) is 4.74 Å². The van der Waals surface area contributed by atoms with E-state index in [2.05, 4.69) is 5.32 Å². The van der Waals surface area contributed by atoms with Gasteiger partial charge in [-0.05, 0) is 37.3 Å². The topological polar surface area (TPSA) is 41.5 Å². The van der Waals surface area contributed by atoms with Crippen molar-refractivity contribution >= 4 is 5.69 Å². The highest BCUT2D eigenvalue weighted by atomic mass is 19.1. The zero-order chi connectivity index (χ0) is 15.5. The molecule has 0 aromatic heterocycles. The minimum Gasteiger partial charge on any atom is -0.497 e. The SMILES string of the molecule is COc1cccc(NC(C)(CO)c2cc(F)ccc2F)c1. The Morgan fingerprint density at radius 3 is 2.62 bits per heavy atom. The Bertz CT molecular complexity index is 633. The number of ether oxygens (including phenoxy) is 1. The molecule has 0 radical (unpaired) electrons. The largest absolute Gasteiger partial charge is 0.497 e. The van der Waals surface area contributed by atoms with Crippen LogP contribution in [0.3, 0.4) is 0 Å². The lowest BCUT2D eigenvalue weighted by atomic mass is 9.91. The number of rotatable bonds is 5. The summed E-state index contributed by atoms with van der Waals surface area (Å²) >= 11 is 0. The summed E-state index contributed by atoms with van der Waals surface area (Å²) in [5, 5.41) is 12.7. The average Bonchev–Trinajstić information content (AvgIpc) is 2.49. The van der Waals surface area contributed by atoms with Crippen LogP contribution in [0, 0.1) is 11.6 Å². The third kappa shape index (κ3) is 3.31. The van der Waals surface area contributed by atoms with E-state index in [0.29, 0.717) is 11.4 Å². The van der Waals surface area contributed by atoms with Crippen LogP contribution in [0.15, 0.2) is 42.5 Å². The molecule has 0 aliphatic rings. The second-order valence-electron chi connectivity index (χ2n) is 4.97. The number of hydrogen-bond acceptors (Lipinski definition) is 3. The number of aliphatic hydroxyl groups is 1. The molecule has 21 heavy (non-hydrogen) atoms. The van der Waals surface area contributed by atoms with Gasteiger partial charge in [0.2, 0.25) is 0 Å². The fourth-order valence-corrected chi connectivity index (χ4v) is 2.13. The van der Waals surface area contributed by atoms with Gasteiger partial charge in [0.05, 0.1) is 19.3 Å². The maximum Gasteiger partial charge on any atom is 0.129 e. The van der Waals surface area contributed by atoms with Gasteiger partial charge in [-0.3, -0.25) is 0 Å². The minimum atomic E-state index is -1.15. The Labute approximate surface area is 122 Å². The van der Waals surface area contributed by atoms with E-state index in [1.54, 1.807) is 31.2 Å². The molecule has 0 saturated heterocycles. The summed E-state index contributed by atoms with van der Waals surface area (Å²) in [7, 11) is 1.54. The van der Waals surface area contributed by atoms with Crippen molar-refractivity contribution in [3.8, 4) is 5.75 Å². The molecule has 2 aromatic carbocycles. The highest BCUT2D eigenvalue weighted by Gasteiger charge is 2.29. The summed E-state index contributed by atoms with van der Waals surface area (Å²) in [5.41, 5.74) is -0.458. The van der Waals surface area contributed by atoms with Crippen LogP contribution in [-0.2, 0) is 5.54 Å². The van der Waals surface area contributed by atoms with E-state index in [1.165, 1.54) is 7.11 Å². The van der Waals surface area contributed by atoms with Gasteiger partial charge in [-0.15, -0.1) is 0 Å². The summed E-state index contributed by atoms with van der Waals surface area (Å²) in [4.78, 5) is 0. The van der Waals surface area contributed by atoms with Crippen molar-refractivity contribution in [3.05, 3.63) is 59.7 Å². The molecule has 1 atom stereocenters. The fraction of sp³-hybridized carbons (Fsp3) is 0.250. The Balaban J connectivity index is 2.38. The number of methoxy groups -OCH3 is 1. The number of aliphatic hydroxyl groups excluding tert-OH is 1. The van der Waals surface area contributed by atoms with Gasteiger partial charge in [0.25, 0.3) is 0 Å².